The van der Waals surface area contributed by atoms with Crippen LogP contribution in [0.2, 0.25) is 0 Å². The van der Waals surface area contributed by atoms with Gasteiger partial charge >= 0.3 is 0 Å². The van der Waals surface area contributed by atoms with Crippen molar-refractivity contribution < 1.29 is 4.79 Å². The first kappa shape index (κ1) is 20.9. The van der Waals surface area contributed by atoms with Crippen LogP contribution in [0.25, 0.3) is 0 Å². The van der Waals surface area contributed by atoms with E-state index in [-0.39, 0.29) is 4.75 Å². The largest absolute Gasteiger partial charge is 0.352 e. The Bertz CT molecular complexity index is 434. The van der Waals surface area contributed by atoms with Crippen LogP contribution in [0.15, 0.2) is 21.5 Å². The lowest BCUT2D eigenvalue weighted by molar-refractivity contribution is -0.122. The second kappa shape index (κ2) is 10.7. The molecular formula is C18H29Cl2NOS. The van der Waals surface area contributed by atoms with Gasteiger partial charge in [-0.3, -0.25) is 4.79 Å². The molecule has 23 heavy (non-hydrogen) atoms. The Morgan fingerprint density at radius 3 is 2.26 bits per heavy atom. The summed E-state index contributed by atoms with van der Waals surface area (Å²) >= 11 is 12.0. The van der Waals surface area contributed by atoms with E-state index in [1.54, 1.807) is 18.7 Å². The fourth-order valence-corrected chi connectivity index (χ4v) is 4.01. The number of amides is 1. The second-order valence-corrected chi connectivity index (χ2v) is 8.77. The molecule has 0 heterocycles. The number of thioether (sulfide) groups is 1. The Hall–Kier alpha value is -0.120. The van der Waals surface area contributed by atoms with Gasteiger partial charge in [-0.1, -0.05) is 55.5 Å². The minimum Gasteiger partial charge on any atom is -0.352 e. The monoisotopic (exact) mass is 377 g/mol. The molecule has 2 aliphatic rings. The van der Waals surface area contributed by atoms with Crippen molar-refractivity contribution in [2.24, 2.45) is 0 Å². The van der Waals surface area contributed by atoms with Gasteiger partial charge in [-0.15, -0.1) is 11.8 Å². The molecular weight excluding hydrogens is 349 g/mol. The number of halogens is 2. The second-order valence-electron chi connectivity index (χ2n) is 6.32. The Morgan fingerprint density at radius 2 is 1.83 bits per heavy atom. The van der Waals surface area contributed by atoms with Gasteiger partial charge in [-0.05, 0) is 50.9 Å². The third kappa shape index (κ3) is 8.00. The highest BCUT2D eigenvalue weighted by atomic mass is 35.5. The molecule has 5 heteroatoms. The molecule has 2 aliphatic carbocycles. The van der Waals surface area contributed by atoms with Crippen LogP contribution in [-0.2, 0) is 4.79 Å². The standard InChI is InChI=1S/C15H25NOS.C3H4Cl2/c1-3-7-12(2)18-15(10-11-15)14(17)16-13-8-5-4-6-9-13;1-3(5)2-4/h7,13H,3-6,8-11H2,1-2H3,(H,16,17);2H,1H3/b12-7+;3-2-. The average molecular weight is 378 g/mol. The van der Waals surface area contributed by atoms with Gasteiger partial charge in [0.15, 0.2) is 0 Å². The number of rotatable bonds is 5. The van der Waals surface area contributed by atoms with E-state index in [4.69, 9.17) is 23.2 Å². The summed E-state index contributed by atoms with van der Waals surface area (Å²) in [6, 6.07) is 0.444. The summed E-state index contributed by atoms with van der Waals surface area (Å²) in [7, 11) is 0. The van der Waals surface area contributed by atoms with Crippen LogP contribution >= 0.6 is 35.0 Å². The number of allylic oxidation sites excluding steroid dienone is 3. The number of carbonyl (C=O) groups excluding carboxylic acids is 1. The molecule has 1 N–H and O–H groups in total. The predicted molar refractivity (Wildman–Crippen MR) is 104 cm³/mol. The molecule has 1 amide bonds. The molecule has 0 spiro atoms. The summed E-state index contributed by atoms with van der Waals surface area (Å²) in [5.74, 6) is 0.295. The third-order valence-electron chi connectivity index (χ3n) is 4.06. The minimum absolute atomic E-state index is 0.118. The Balaban J connectivity index is 0.000000463. The van der Waals surface area contributed by atoms with E-state index in [0.717, 1.165) is 19.3 Å². The number of carbonyl (C=O) groups is 1. The molecule has 2 saturated carbocycles. The quantitative estimate of drug-likeness (QED) is 0.605. The summed E-state index contributed by atoms with van der Waals surface area (Å²) in [6.07, 6.45) is 11.6. The first-order valence-corrected chi connectivity index (χ1v) is 10.2. The van der Waals surface area contributed by atoms with Crippen molar-refractivity contribution in [2.45, 2.75) is 82.9 Å². The summed E-state index contributed by atoms with van der Waals surface area (Å²) < 4.78 is -0.118. The van der Waals surface area contributed by atoms with E-state index in [2.05, 4.69) is 25.2 Å². The molecule has 0 aromatic carbocycles. The molecule has 2 fully saturated rings. The van der Waals surface area contributed by atoms with Crippen LogP contribution in [-0.4, -0.2) is 16.7 Å². The van der Waals surface area contributed by atoms with Crippen LogP contribution in [0, 0.1) is 0 Å². The fourth-order valence-electron chi connectivity index (χ4n) is 2.69. The van der Waals surface area contributed by atoms with E-state index in [9.17, 15) is 4.79 Å². The van der Waals surface area contributed by atoms with Gasteiger partial charge in [0.05, 0.1) is 4.75 Å². The van der Waals surface area contributed by atoms with Crippen molar-refractivity contribution >= 4 is 40.9 Å². The molecule has 0 bridgehead atoms. The third-order valence-corrected chi connectivity index (χ3v) is 6.08. The van der Waals surface area contributed by atoms with Gasteiger partial charge in [-0.2, -0.15) is 0 Å². The zero-order valence-corrected chi connectivity index (χ0v) is 16.8. The molecule has 0 aromatic heterocycles. The molecule has 2 rings (SSSR count). The van der Waals surface area contributed by atoms with E-state index < -0.39 is 0 Å². The van der Waals surface area contributed by atoms with Crippen molar-refractivity contribution in [3.63, 3.8) is 0 Å². The lowest BCUT2D eigenvalue weighted by atomic mass is 9.95. The highest BCUT2D eigenvalue weighted by molar-refractivity contribution is 8.05. The summed E-state index contributed by atoms with van der Waals surface area (Å²) in [5, 5.41) is 3.90. The van der Waals surface area contributed by atoms with Crippen LogP contribution in [0.5, 0.6) is 0 Å². The first-order valence-electron chi connectivity index (χ1n) is 8.52. The van der Waals surface area contributed by atoms with Crippen molar-refractivity contribution in [2.75, 3.05) is 0 Å². The molecule has 2 nitrogen and oxygen atoms in total. The van der Waals surface area contributed by atoms with Crippen LogP contribution in [0.4, 0.5) is 0 Å². The van der Waals surface area contributed by atoms with Gasteiger partial charge in [0.1, 0.15) is 0 Å². The molecule has 0 unspecified atom stereocenters. The SMILES string of the molecule is C/C(Cl)=C/Cl.CC/C=C(\C)SC1(C(=O)NC2CCCCC2)CC1. The lowest BCUT2D eigenvalue weighted by Crippen LogP contribution is -2.42. The Kier molecular flexibility index (Phi) is 9.72. The zero-order chi connectivity index (χ0) is 17.3. The van der Waals surface area contributed by atoms with Crippen LogP contribution in [0.1, 0.15) is 72.1 Å². The summed E-state index contributed by atoms with van der Waals surface area (Å²) in [4.78, 5) is 13.7. The van der Waals surface area contributed by atoms with Gasteiger partial charge in [0.2, 0.25) is 5.91 Å². The Labute approximate surface area is 155 Å². The maximum atomic E-state index is 12.4. The lowest BCUT2D eigenvalue weighted by Gasteiger charge is -2.25. The maximum Gasteiger partial charge on any atom is 0.236 e. The topological polar surface area (TPSA) is 29.1 Å². The van der Waals surface area contributed by atoms with E-state index >= 15 is 0 Å². The van der Waals surface area contributed by atoms with E-state index in [1.807, 2.05) is 0 Å². The maximum absolute atomic E-state index is 12.4. The summed E-state index contributed by atoms with van der Waals surface area (Å²) in [6.45, 7) is 5.99. The van der Waals surface area contributed by atoms with Crippen molar-refractivity contribution in [3.05, 3.63) is 21.5 Å². The Morgan fingerprint density at radius 1 is 1.26 bits per heavy atom. The average Bonchev–Trinajstić information content (AvgIpc) is 3.30. The first-order chi connectivity index (χ1) is 10.9. The normalized spacial score (nSPS) is 21.3. The molecule has 0 saturated heterocycles. The zero-order valence-electron chi connectivity index (χ0n) is 14.5. The minimum atomic E-state index is -0.118. The van der Waals surface area contributed by atoms with Crippen molar-refractivity contribution in [1.29, 1.82) is 0 Å². The smallest absolute Gasteiger partial charge is 0.236 e. The van der Waals surface area contributed by atoms with Crippen LogP contribution in [0.3, 0.4) is 0 Å². The molecule has 0 radical (unpaired) electrons. The van der Waals surface area contributed by atoms with E-state index in [0.29, 0.717) is 17.0 Å². The van der Waals surface area contributed by atoms with Crippen molar-refractivity contribution in [3.8, 4) is 0 Å². The van der Waals surface area contributed by atoms with Gasteiger partial charge in [0.25, 0.3) is 0 Å². The molecule has 0 aliphatic heterocycles. The highest BCUT2D eigenvalue weighted by Crippen LogP contribution is 2.51. The fraction of sp³-hybridized carbons (Fsp3) is 0.722. The number of hydrogen-bond acceptors (Lipinski definition) is 2. The molecule has 0 aromatic rings. The van der Waals surface area contributed by atoms with Gasteiger partial charge in [-0.25, -0.2) is 0 Å². The van der Waals surface area contributed by atoms with Crippen molar-refractivity contribution in [1.82, 2.24) is 5.32 Å². The van der Waals surface area contributed by atoms with Gasteiger partial charge in [0, 0.05) is 16.6 Å². The van der Waals surface area contributed by atoms with Crippen LogP contribution < -0.4 is 5.32 Å². The number of nitrogens with one attached hydrogen (secondary N) is 1. The van der Waals surface area contributed by atoms with Gasteiger partial charge < -0.3 is 5.32 Å². The number of hydrogen-bond donors (Lipinski definition) is 1. The molecule has 0 atom stereocenters. The predicted octanol–water partition coefficient (Wildman–Crippen LogP) is 6.34. The molecule has 132 valence electrons. The van der Waals surface area contributed by atoms with E-state index in [1.165, 1.54) is 42.5 Å². The summed E-state index contributed by atoms with van der Waals surface area (Å²) in [5.41, 5.74) is 1.32. The highest BCUT2D eigenvalue weighted by Gasteiger charge is 2.51.